The molecule has 0 radical (unpaired) electrons. The number of carbonyl (C=O) groups excluding carboxylic acids is 2. The minimum atomic E-state index is -0.374. The number of nitrogens with one attached hydrogen (secondary N) is 1. The predicted molar refractivity (Wildman–Crippen MR) is 138 cm³/mol. The Balaban J connectivity index is 1.40. The zero-order valence-corrected chi connectivity index (χ0v) is 20.3. The van der Waals surface area contributed by atoms with Crippen LogP contribution in [-0.4, -0.2) is 23.5 Å². The average molecular weight is 473 g/mol. The number of fused-ring (bicyclic) bond motifs is 1. The van der Waals surface area contributed by atoms with Crippen LogP contribution >= 0.6 is 11.3 Å². The largest absolute Gasteiger partial charge is 0.462 e. The molecule has 0 fully saturated rings. The summed E-state index contributed by atoms with van der Waals surface area (Å²) in [7, 11) is 0. The first-order chi connectivity index (χ1) is 16.5. The Labute approximate surface area is 203 Å². The minimum absolute atomic E-state index is 0.139. The Morgan fingerprint density at radius 1 is 1.03 bits per heavy atom. The molecule has 34 heavy (non-hydrogen) atoms. The molecular formula is C28H28N2O3S. The lowest BCUT2D eigenvalue weighted by atomic mass is 10.0. The zero-order valence-electron chi connectivity index (χ0n) is 19.5. The van der Waals surface area contributed by atoms with Crippen LogP contribution in [-0.2, 0) is 22.4 Å². The van der Waals surface area contributed by atoms with E-state index in [1.54, 1.807) is 35.6 Å². The molecule has 1 amide bonds. The monoisotopic (exact) mass is 472 g/mol. The summed E-state index contributed by atoms with van der Waals surface area (Å²) in [6.45, 7) is 4.39. The Morgan fingerprint density at radius 2 is 1.82 bits per heavy atom. The number of benzene rings is 3. The average Bonchev–Trinajstić information content (AvgIpc) is 3.17. The highest BCUT2D eigenvalue weighted by Crippen LogP contribution is 2.26. The number of ether oxygens (including phenoxy) is 1. The molecule has 1 heterocycles. The van der Waals surface area contributed by atoms with Crippen molar-refractivity contribution in [2.45, 2.75) is 39.5 Å². The summed E-state index contributed by atoms with van der Waals surface area (Å²) in [5, 5.41) is 6.33. The number of aryl methyl sites for hydroxylation is 1. The van der Waals surface area contributed by atoms with Gasteiger partial charge in [0.15, 0.2) is 0 Å². The molecule has 0 atom stereocenters. The number of carbonyl (C=O) groups is 2. The second-order valence-corrected chi connectivity index (χ2v) is 9.39. The fraction of sp³-hybridized carbons (Fsp3) is 0.250. The van der Waals surface area contributed by atoms with Gasteiger partial charge in [0.25, 0.3) is 0 Å². The highest BCUT2D eigenvalue weighted by atomic mass is 32.1. The maximum absolute atomic E-state index is 12.7. The van der Waals surface area contributed by atoms with Crippen molar-refractivity contribution in [2.75, 3.05) is 11.9 Å². The van der Waals surface area contributed by atoms with Crippen molar-refractivity contribution in [1.29, 1.82) is 0 Å². The van der Waals surface area contributed by atoms with Gasteiger partial charge >= 0.3 is 5.97 Å². The summed E-state index contributed by atoms with van der Waals surface area (Å²) < 4.78 is 5.26. The Morgan fingerprint density at radius 3 is 2.68 bits per heavy atom. The van der Waals surface area contributed by atoms with Crippen LogP contribution in [0, 0.1) is 6.92 Å². The van der Waals surface area contributed by atoms with E-state index in [4.69, 9.17) is 9.72 Å². The normalized spacial score (nSPS) is 10.9. The maximum Gasteiger partial charge on any atom is 0.338 e. The number of hydrogen-bond acceptors (Lipinski definition) is 5. The molecule has 6 heteroatoms. The summed E-state index contributed by atoms with van der Waals surface area (Å²) in [6.07, 6.45) is 2.77. The third-order valence-corrected chi connectivity index (χ3v) is 6.75. The number of aromatic nitrogens is 1. The molecule has 0 aliphatic carbocycles. The zero-order chi connectivity index (χ0) is 23.9. The maximum atomic E-state index is 12.7. The molecule has 3 aromatic carbocycles. The van der Waals surface area contributed by atoms with E-state index in [1.165, 1.54) is 16.3 Å². The summed E-state index contributed by atoms with van der Waals surface area (Å²) in [5.74, 6) is -0.513. The second kappa shape index (κ2) is 11.1. The Kier molecular flexibility index (Phi) is 7.70. The number of hydrogen-bond donors (Lipinski definition) is 1. The van der Waals surface area contributed by atoms with Crippen molar-refractivity contribution in [3.63, 3.8) is 0 Å². The van der Waals surface area contributed by atoms with Gasteiger partial charge in [0.2, 0.25) is 5.91 Å². The standard InChI is InChI=1S/C28H28N2O3S/c1-3-4-15-33-28(32)22-12-8-13-23(16-22)30-26(31)18-25-19(2)29-27(34-25)17-21-11-7-10-20-9-5-6-14-24(20)21/h5-14,16H,3-4,15,17-18H2,1-2H3,(H,30,31). The summed E-state index contributed by atoms with van der Waals surface area (Å²) >= 11 is 1.57. The summed E-state index contributed by atoms with van der Waals surface area (Å²) in [5.41, 5.74) is 3.11. The van der Waals surface area contributed by atoms with Crippen LogP contribution in [0.3, 0.4) is 0 Å². The van der Waals surface area contributed by atoms with Crippen LogP contribution in [0.4, 0.5) is 5.69 Å². The molecule has 5 nitrogen and oxygen atoms in total. The molecule has 0 bridgehead atoms. The van der Waals surface area contributed by atoms with Crippen molar-refractivity contribution in [3.8, 4) is 0 Å². The van der Waals surface area contributed by atoms with Gasteiger partial charge in [-0.15, -0.1) is 11.3 Å². The van der Waals surface area contributed by atoms with E-state index in [0.717, 1.165) is 34.8 Å². The molecule has 0 unspecified atom stereocenters. The number of esters is 1. The van der Waals surface area contributed by atoms with Crippen molar-refractivity contribution >= 4 is 39.7 Å². The number of rotatable bonds is 9. The number of nitrogens with zero attached hydrogens (tertiary/aromatic N) is 1. The first kappa shape index (κ1) is 23.6. The van der Waals surface area contributed by atoms with Crippen LogP contribution in [0.2, 0.25) is 0 Å². The number of anilines is 1. The quantitative estimate of drug-likeness (QED) is 0.228. The molecule has 1 N–H and O–H groups in total. The van der Waals surface area contributed by atoms with E-state index in [1.807, 2.05) is 19.9 Å². The third kappa shape index (κ3) is 5.88. The second-order valence-electron chi connectivity index (χ2n) is 8.23. The lowest BCUT2D eigenvalue weighted by Crippen LogP contribution is -2.15. The van der Waals surface area contributed by atoms with Crippen molar-refractivity contribution in [1.82, 2.24) is 4.98 Å². The van der Waals surface area contributed by atoms with Crippen molar-refractivity contribution in [3.05, 3.63) is 93.4 Å². The summed E-state index contributed by atoms with van der Waals surface area (Å²) in [4.78, 5) is 30.6. The van der Waals surface area contributed by atoms with Gasteiger partial charge in [0.1, 0.15) is 0 Å². The smallest absolute Gasteiger partial charge is 0.338 e. The van der Waals surface area contributed by atoms with Crippen LogP contribution in [0.1, 0.15) is 51.3 Å². The molecule has 0 aliphatic heterocycles. The van der Waals surface area contributed by atoms with Gasteiger partial charge < -0.3 is 10.1 Å². The van der Waals surface area contributed by atoms with Gasteiger partial charge in [-0.2, -0.15) is 0 Å². The van der Waals surface area contributed by atoms with Crippen LogP contribution in [0.5, 0.6) is 0 Å². The van der Waals surface area contributed by atoms with Crippen molar-refractivity contribution in [2.24, 2.45) is 0 Å². The van der Waals surface area contributed by atoms with Crippen LogP contribution in [0.15, 0.2) is 66.7 Å². The Hall–Kier alpha value is -3.51. The fourth-order valence-corrected chi connectivity index (χ4v) is 4.90. The Bertz CT molecular complexity index is 1310. The minimum Gasteiger partial charge on any atom is -0.462 e. The highest BCUT2D eigenvalue weighted by molar-refractivity contribution is 7.11. The van der Waals surface area contributed by atoms with Gasteiger partial charge in [-0.1, -0.05) is 61.9 Å². The van der Waals surface area contributed by atoms with Crippen molar-refractivity contribution < 1.29 is 14.3 Å². The molecule has 0 saturated carbocycles. The SMILES string of the molecule is CCCCOC(=O)c1cccc(NC(=O)Cc2sc(Cc3cccc4ccccc34)nc2C)c1. The molecule has 0 aliphatic rings. The molecule has 0 spiro atoms. The molecule has 0 saturated heterocycles. The number of unbranched alkanes of at least 4 members (excludes halogenated alkanes) is 1. The predicted octanol–water partition coefficient (Wildman–Crippen LogP) is 6.33. The van der Waals surface area contributed by atoms with E-state index in [9.17, 15) is 9.59 Å². The van der Waals surface area contributed by atoms with Crippen LogP contribution < -0.4 is 5.32 Å². The van der Waals surface area contributed by atoms with Gasteiger partial charge in [0, 0.05) is 17.0 Å². The van der Waals surface area contributed by atoms with E-state index in [-0.39, 0.29) is 18.3 Å². The third-order valence-electron chi connectivity index (χ3n) is 5.59. The molecule has 4 aromatic rings. The van der Waals surface area contributed by atoms with E-state index in [2.05, 4.69) is 41.7 Å². The van der Waals surface area contributed by atoms with E-state index in [0.29, 0.717) is 17.9 Å². The van der Waals surface area contributed by atoms with E-state index < -0.39 is 0 Å². The first-order valence-corrected chi connectivity index (χ1v) is 12.3. The summed E-state index contributed by atoms with van der Waals surface area (Å²) in [6, 6.07) is 21.5. The molecule has 174 valence electrons. The van der Waals surface area contributed by atoms with Gasteiger partial charge in [-0.3, -0.25) is 4.79 Å². The van der Waals surface area contributed by atoms with Crippen LogP contribution in [0.25, 0.3) is 10.8 Å². The lowest BCUT2D eigenvalue weighted by molar-refractivity contribution is -0.115. The number of amides is 1. The van der Waals surface area contributed by atoms with E-state index >= 15 is 0 Å². The fourth-order valence-electron chi connectivity index (χ4n) is 3.80. The topological polar surface area (TPSA) is 68.3 Å². The highest BCUT2D eigenvalue weighted by Gasteiger charge is 2.14. The number of thiazole rings is 1. The first-order valence-electron chi connectivity index (χ1n) is 11.5. The van der Waals surface area contributed by atoms with Gasteiger partial charge in [-0.25, -0.2) is 9.78 Å². The molecular weight excluding hydrogens is 444 g/mol. The lowest BCUT2D eigenvalue weighted by Gasteiger charge is -2.08. The van der Waals surface area contributed by atoms with Gasteiger partial charge in [0.05, 0.1) is 29.3 Å². The molecule has 1 aromatic heterocycles. The van der Waals surface area contributed by atoms with Gasteiger partial charge in [-0.05, 0) is 47.9 Å². The molecule has 4 rings (SSSR count).